The molecule has 0 atom stereocenters. The Balaban J connectivity index is 1.96. The van der Waals surface area contributed by atoms with Gasteiger partial charge < -0.3 is 14.6 Å². The number of thiazole rings is 1. The molecule has 0 aliphatic rings. The molecule has 0 unspecified atom stereocenters. The molecule has 144 valence electrons. The average Bonchev–Trinajstić information content (AvgIpc) is 3.12. The number of rotatable bonds is 7. The molecule has 5 nitrogen and oxygen atoms in total. The van der Waals surface area contributed by atoms with Gasteiger partial charge in [-0.1, -0.05) is 48.0 Å². The van der Waals surface area contributed by atoms with Gasteiger partial charge in [0.05, 0.1) is 24.4 Å². The first-order chi connectivity index (χ1) is 13.5. The number of methoxy groups -OCH3 is 1. The predicted molar refractivity (Wildman–Crippen MR) is 113 cm³/mol. The fourth-order valence-corrected chi connectivity index (χ4v) is 3.78. The molecule has 2 aromatic carbocycles. The molecule has 0 spiro atoms. The molecule has 3 rings (SSSR count). The van der Waals surface area contributed by atoms with E-state index in [2.05, 4.69) is 4.98 Å². The van der Waals surface area contributed by atoms with Crippen molar-refractivity contribution >= 4 is 41.1 Å². The van der Waals surface area contributed by atoms with E-state index < -0.39 is 5.97 Å². The number of nitrogens with zero attached hydrogens (tertiary/aromatic N) is 1. The van der Waals surface area contributed by atoms with Crippen LogP contribution >= 0.6 is 22.9 Å². The zero-order chi connectivity index (χ0) is 20.1. The minimum atomic E-state index is -0.998. The summed E-state index contributed by atoms with van der Waals surface area (Å²) in [6.45, 7) is 2.36. The van der Waals surface area contributed by atoms with Gasteiger partial charge in [-0.3, -0.25) is 0 Å². The maximum absolute atomic E-state index is 11.6. The number of hydrogen-bond donors (Lipinski definition) is 1. The van der Waals surface area contributed by atoms with E-state index in [1.54, 1.807) is 12.1 Å². The number of aromatic nitrogens is 1. The molecule has 28 heavy (non-hydrogen) atoms. The van der Waals surface area contributed by atoms with Crippen molar-refractivity contribution in [1.82, 2.24) is 4.98 Å². The summed E-state index contributed by atoms with van der Waals surface area (Å²) in [4.78, 5) is 16.3. The highest BCUT2D eigenvalue weighted by Crippen LogP contribution is 2.37. The summed E-state index contributed by atoms with van der Waals surface area (Å²) in [6.07, 6.45) is 3.57. The van der Waals surface area contributed by atoms with Crippen LogP contribution in [-0.2, 0) is 0 Å². The number of ether oxygens (including phenoxy) is 2. The molecule has 0 radical (unpaired) electrons. The summed E-state index contributed by atoms with van der Waals surface area (Å²) in [5.74, 6) is 0.0315. The first-order valence-corrected chi connectivity index (χ1v) is 9.70. The molecule has 0 saturated carbocycles. The van der Waals surface area contributed by atoms with Gasteiger partial charge in [0, 0.05) is 5.56 Å². The maximum atomic E-state index is 11.6. The highest BCUT2D eigenvalue weighted by Gasteiger charge is 2.18. The molecule has 0 bridgehead atoms. The van der Waals surface area contributed by atoms with Gasteiger partial charge in [0.2, 0.25) is 0 Å². The topological polar surface area (TPSA) is 68.7 Å². The van der Waals surface area contributed by atoms with Gasteiger partial charge in [-0.25, -0.2) is 9.78 Å². The molecule has 0 aliphatic heterocycles. The lowest BCUT2D eigenvalue weighted by atomic mass is 10.1. The molecule has 1 N–H and O–H groups in total. The van der Waals surface area contributed by atoms with Crippen LogP contribution in [0, 0.1) is 0 Å². The van der Waals surface area contributed by atoms with Crippen molar-refractivity contribution in [2.24, 2.45) is 0 Å². The summed E-state index contributed by atoms with van der Waals surface area (Å²) >= 11 is 7.40. The van der Waals surface area contributed by atoms with Crippen LogP contribution in [0.5, 0.6) is 11.5 Å². The monoisotopic (exact) mass is 415 g/mol. The number of benzene rings is 2. The van der Waals surface area contributed by atoms with Crippen molar-refractivity contribution in [3.8, 4) is 22.8 Å². The number of hydrogen-bond acceptors (Lipinski definition) is 5. The Kier molecular flexibility index (Phi) is 6.34. The molecule has 7 heteroatoms. The van der Waals surface area contributed by atoms with Crippen molar-refractivity contribution in [2.75, 3.05) is 13.7 Å². The number of aromatic carboxylic acids is 1. The summed E-state index contributed by atoms with van der Waals surface area (Å²) in [5, 5.41) is 10.5. The first-order valence-electron chi connectivity index (χ1n) is 8.51. The zero-order valence-electron chi connectivity index (χ0n) is 15.3. The minimum absolute atomic E-state index is 0.202. The lowest BCUT2D eigenvalue weighted by molar-refractivity contribution is 0.0702. The molecule has 1 aromatic heterocycles. The van der Waals surface area contributed by atoms with Crippen LogP contribution in [0.25, 0.3) is 23.4 Å². The van der Waals surface area contributed by atoms with Gasteiger partial charge in [-0.05, 0) is 30.7 Å². The Labute approximate surface area is 171 Å². The zero-order valence-corrected chi connectivity index (χ0v) is 16.9. The van der Waals surface area contributed by atoms with Gasteiger partial charge >= 0.3 is 5.97 Å². The summed E-state index contributed by atoms with van der Waals surface area (Å²) < 4.78 is 10.9. The standard InChI is InChI=1S/C21H18ClNO4S/c1-3-27-16-12-13(11-15(22)19(16)26-2)9-10-17-23-18(20(28-17)21(24)25)14-7-5-4-6-8-14/h4-12H,3H2,1-2H3,(H,24,25)/b10-9+. The molecular formula is C21H18ClNO4S. The van der Waals surface area contributed by atoms with E-state index in [0.717, 1.165) is 22.5 Å². The third-order valence-electron chi connectivity index (χ3n) is 3.84. The minimum Gasteiger partial charge on any atom is -0.491 e. The van der Waals surface area contributed by atoms with Crippen LogP contribution in [0.2, 0.25) is 5.02 Å². The van der Waals surface area contributed by atoms with Gasteiger partial charge in [-0.2, -0.15) is 0 Å². The normalized spacial score (nSPS) is 11.0. The SMILES string of the molecule is CCOc1cc(/C=C/c2nc(-c3ccccc3)c(C(=O)O)s2)cc(Cl)c1OC. The number of halogens is 1. The van der Waals surface area contributed by atoms with Crippen molar-refractivity contribution in [3.05, 3.63) is 62.9 Å². The smallest absolute Gasteiger partial charge is 0.348 e. The second kappa shape index (κ2) is 8.91. The molecule has 0 amide bonds. The lowest BCUT2D eigenvalue weighted by Crippen LogP contribution is -1.96. The van der Waals surface area contributed by atoms with E-state index in [9.17, 15) is 9.90 Å². The summed E-state index contributed by atoms with van der Waals surface area (Å²) in [5.41, 5.74) is 2.02. The third-order valence-corrected chi connectivity index (χ3v) is 5.13. The Morgan fingerprint density at radius 1 is 1.25 bits per heavy atom. The Hall–Kier alpha value is -2.83. The van der Waals surface area contributed by atoms with Gasteiger partial charge in [0.25, 0.3) is 0 Å². The summed E-state index contributed by atoms with van der Waals surface area (Å²) in [7, 11) is 1.54. The third kappa shape index (κ3) is 4.35. The predicted octanol–water partition coefficient (Wildman–Crippen LogP) is 5.74. The van der Waals surface area contributed by atoms with Crippen LogP contribution < -0.4 is 9.47 Å². The number of carboxylic acid groups (broad SMARTS) is 1. The fraction of sp³-hybridized carbons (Fsp3) is 0.143. The summed E-state index contributed by atoms with van der Waals surface area (Å²) in [6, 6.07) is 12.8. The highest BCUT2D eigenvalue weighted by molar-refractivity contribution is 7.15. The van der Waals surface area contributed by atoms with Gasteiger partial charge in [0.15, 0.2) is 11.5 Å². The van der Waals surface area contributed by atoms with Crippen LogP contribution in [0.4, 0.5) is 0 Å². The number of carbonyl (C=O) groups is 1. The fourth-order valence-electron chi connectivity index (χ4n) is 2.66. The first kappa shape index (κ1) is 19.9. The van der Waals surface area contributed by atoms with E-state index >= 15 is 0 Å². The van der Waals surface area contributed by atoms with Crippen molar-refractivity contribution < 1.29 is 19.4 Å². The van der Waals surface area contributed by atoms with Gasteiger partial charge in [-0.15, -0.1) is 11.3 Å². The van der Waals surface area contributed by atoms with Crippen LogP contribution in [0.3, 0.4) is 0 Å². The van der Waals surface area contributed by atoms with Crippen molar-refractivity contribution in [1.29, 1.82) is 0 Å². The van der Waals surface area contributed by atoms with Crippen LogP contribution in [0.1, 0.15) is 27.2 Å². The van der Waals surface area contributed by atoms with Crippen LogP contribution in [0.15, 0.2) is 42.5 Å². The van der Waals surface area contributed by atoms with E-state index in [-0.39, 0.29) is 4.88 Å². The van der Waals surface area contributed by atoms with E-state index in [1.807, 2.05) is 49.4 Å². The number of carboxylic acids is 1. The van der Waals surface area contributed by atoms with E-state index in [1.165, 1.54) is 7.11 Å². The Morgan fingerprint density at radius 3 is 2.64 bits per heavy atom. The second-order valence-electron chi connectivity index (χ2n) is 5.70. The average molecular weight is 416 g/mol. The molecule has 0 aliphatic carbocycles. The van der Waals surface area contributed by atoms with Gasteiger partial charge in [0.1, 0.15) is 9.88 Å². The van der Waals surface area contributed by atoms with E-state index in [4.69, 9.17) is 21.1 Å². The molecule has 0 saturated heterocycles. The van der Waals surface area contributed by atoms with Crippen molar-refractivity contribution in [2.45, 2.75) is 6.92 Å². The molecule has 1 heterocycles. The molecule has 0 fully saturated rings. The molecule has 3 aromatic rings. The Morgan fingerprint density at radius 2 is 2.00 bits per heavy atom. The molecular weight excluding hydrogens is 398 g/mol. The second-order valence-corrected chi connectivity index (χ2v) is 7.14. The van der Waals surface area contributed by atoms with E-state index in [0.29, 0.717) is 33.8 Å². The largest absolute Gasteiger partial charge is 0.491 e. The maximum Gasteiger partial charge on any atom is 0.348 e. The quantitative estimate of drug-likeness (QED) is 0.532. The van der Waals surface area contributed by atoms with Crippen LogP contribution in [-0.4, -0.2) is 29.8 Å². The lowest BCUT2D eigenvalue weighted by Gasteiger charge is -2.11. The highest BCUT2D eigenvalue weighted by atomic mass is 35.5. The van der Waals surface area contributed by atoms with Crippen molar-refractivity contribution in [3.63, 3.8) is 0 Å². The Bertz CT molecular complexity index is 1010.